The van der Waals surface area contributed by atoms with Crippen LogP contribution in [0.3, 0.4) is 0 Å². The molecule has 0 amide bonds. The standard InChI is InChI=1S/C19H21N/c1-13(10-14-6-7-14)20-17-8-9-19-16(12-17)11-15-4-2-3-5-18(15)19/h2-5,8-9,12-14,20H,6-7,10-11H2,1H3. The highest BCUT2D eigenvalue weighted by molar-refractivity contribution is 5.78. The van der Waals surface area contributed by atoms with Gasteiger partial charge in [-0.2, -0.15) is 0 Å². The molecule has 0 bridgehead atoms. The lowest BCUT2D eigenvalue weighted by molar-refractivity contribution is 0.642. The van der Waals surface area contributed by atoms with Crippen LogP contribution in [0.25, 0.3) is 11.1 Å². The van der Waals surface area contributed by atoms with Crippen LogP contribution in [-0.4, -0.2) is 6.04 Å². The van der Waals surface area contributed by atoms with E-state index in [1.165, 1.54) is 47.2 Å². The molecule has 1 N–H and O–H groups in total. The minimum atomic E-state index is 0.587. The number of nitrogens with one attached hydrogen (secondary N) is 1. The van der Waals surface area contributed by atoms with Gasteiger partial charge in [0.2, 0.25) is 0 Å². The highest BCUT2D eigenvalue weighted by Crippen LogP contribution is 2.38. The first kappa shape index (κ1) is 12.0. The fourth-order valence-corrected chi connectivity index (χ4v) is 3.43. The highest BCUT2D eigenvalue weighted by atomic mass is 14.9. The predicted octanol–water partition coefficient (Wildman–Crippen LogP) is 4.86. The Morgan fingerprint density at radius 3 is 2.70 bits per heavy atom. The Morgan fingerprint density at radius 1 is 1.05 bits per heavy atom. The molecule has 2 aromatic rings. The van der Waals surface area contributed by atoms with Gasteiger partial charge in [0.25, 0.3) is 0 Å². The lowest BCUT2D eigenvalue weighted by Crippen LogP contribution is -2.15. The maximum Gasteiger partial charge on any atom is 0.0345 e. The lowest BCUT2D eigenvalue weighted by atomic mass is 10.1. The molecule has 2 aromatic carbocycles. The number of hydrogen-bond donors (Lipinski definition) is 1. The van der Waals surface area contributed by atoms with Gasteiger partial charge < -0.3 is 5.32 Å². The van der Waals surface area contributed by atoms with Crippen molar-refractivity contribution in [3.05, 3.63) is 53.6 Å². The van der Waals surface area contributed by atoms with E-state index < -0.39 is 0 Å². The van der Waals surface area contributed by atoms with Crippen LogP contribution in [0, 0.1) is 5.92 Å². The van der Waals surface area contributed by atoms with Crippen LogP contribution < -0.4 is 5.32 Å². The predicted molar refractivity (Wildman–Crippen MR) is 85.1 cm³/mol. The lowest BCUT2D eigenvalue weighted by Gasteiger charge is -2.15. The molecule has 1 nitrogen and oxygen atoms in total. The van der Waals surface area contributed by atoms with E-state index in [0.717, 1.165) is 12.3 Å². The Hall–Kier alpha value is -1.76. The molecule has 1 fully saturated rings. The minimum absolute atomic E-state index is 0.587. The second-order valence-corrected chi connectivity index (χ2v) is 6.43. The van der Waals surface area contributed by atoms with Gasteiger partial charge in [0.15, 0.2) is 0 Å². The first-order chi connectivity index (χ1) is 9.79. The molecule has 4 rings (SSSR count). The quantitative estimate of drug-likeness (QED) is 0.709. The maximum absolute atomic E-state index is 3.67. The van der Waals surface area contributed by atoms with Crippen molar-refractivity contribution in [3.8, 4) is 11.1 Å². The monoisotopic (exact) mass is 263 g/mol. The van der Waals surface area contributed by atoms with Crippen molar-refractivity contribution in [2.24, 2.45) is 5.92 Å². The Bertz CT molecular complexity index is 640. The number of anilines is 1. The first-order valence-corrected chi connectivity index (χ1v) is 7.77. The molecule has 1 heteroatoms. The zero-order valence-electron chi connectivity index (χ0n) is 12.0. The average Bonchev–Trinajstić information content (AvgIpc) is 3.17. The smallest absolute Gasteiger partial charge is 0.0345 e. The number of fused-ring (bicyclic) bond motifs is 3. The van der Waals surface area contributed by atoms with Crippen LogP contribution in [0.15, 0.2) is 42.5 Å². The molecule has 20 heavy (non-hydrogen) atoms. The van der Waals surface area contributed by atoms with Crippen LogP contribution in [-0.2, 0) is 6.42 Å². The van der Waals surface area contributed by atoms with Crippen molar-refractivity contribution in [2.75, 3.05) is 5.32 Å². The Kier molecular flexibility index (Phi) is 2.80. The zero-order chi connectivity index (χ0) is 13.5. The summed E-state index contributed by atoms with van der Waals surface area (Å²) in [6.07, 6.45) is 5.27. The molecule has 0 saturated heterocycles. The van der Waals surface area contributed by atoms with Crippen LogP contribution in [0.4, 0.5) is 5.69 Å². The van der Waals surface area contributed by atoms with E-state index in [4.69, 9.17) is 0 Å². The largest absolute Gasteiger partial charge is 0.383 e. The Balaban J connectivity index is 1.55. The molecule has 0 radical (unpaired) electrons. The van der Waals surface area contributed by atoms with E-state index in [-0.39, 0.29) is 0 Å². The van der Waals surface area contributed by atoms with Gasteiger partial charge in [0.1, 0.15) is 0 Å². The molecule has 2 aliphatic rings. The number of hydrogen-bond acceptors (Lipinski definition) is 1. The molecular formula is C19H21N. The highest BCUT2D eigenvalue weighted by Gasteiger charge is 2.24. The van der Waals surface area contributed by atoms with Gasteiger partial charge in [-0.3, -0.25) is 0 Å². The van der Waals surface area contributed by atoms with Crippen LogP contribution in [0.2, 0.25) is 0 Å². The minimum Gasteiger partial charge on any atom is -0.383 e. The fourth-order valence-electron chi connectivity index (χ4n) is 3.43. The molecule has 0 heterocycles. The third-order valence-corrected chi connectivity index (χ3v) is 4.59. The van der Waals surface area contributed by atoms with E-state index in [1.807, 2.05) is 0 Å². The van der Waals surface area contributed by atoms with Gasteiger partial charge in [0, 0.05) is 11.7 Å². The third kappa shape index (κ3) is 2.22. The molecule has 1 saturated carbocycles. The molecule has 0 aliphatic heterocycles. The first-order valence-electron chi connectivity index (χ1n) is 7.77. The van der Waals surface area contributed by atoms with E-state index in [0.29, 0.717) is 6.04 Å². The number of rotatable bonds is 4. The fraction of sp³-hybridized carbons (Fsp3) is 0.368. The summed E-state index contributed by atoms with van der Waals surface area (Å²) in [4.78, 5) is 0. The topological polar surface area (TPSA) is 12.0 Å². The SMILES string of the molecule is CC(CC1CC1)Nc1ccc2c(c1)Cc1ccccc1-2. The van der Waals surface area contributed by atoms with Gasteiger partial charge >= 0.3 is 0 Å². The molecule has 1 atom stereocenters. The maximum atomic E-state index is 3.67. The summed E-state index contributed by atoms with van der Waals surface area (Å²) in [7, 11) is 0. The zero-order valence-corrected chi connectivity index (χ0v) is 12.0. The van der Waals surface area contributed by atoms with Gasteiger partial charge in [-0.1, -0.05) is 43.2 Å². The normalized spacial score (nSPS) is 17.4. The summed E-state index contributed by atoms with van der Waals surface area (Å²) in [5.41, 5.74) is 7.05. The van der Waals surface area contributed by atoms with Gasteiger partial charge in [-0.05, 0) is 60.1 Å². The second-order valence-electron chi connectivity index (χ2n) is 6.43. The van der Waals surface area contributed by atoms with Crippen LogP contribution in [0.5, 0.6) is 0 Å². The van der Waals surface area contributed by atoms with Crippen molar-refractivity contribution in [1.82, 2.24) is 0 Å². The summed E-state index contributed by atoms with van der Waals surface area (Å²) in [6, 6.07) is 16.2. The molecule has 0 spiro atoms. The van der Waals surface area contributed by atoms with Crippen molar-refractivity contribution >= 4 is 5.69 Å². The van der Waals surface area contributed by atoms with Crippen molar-refractivity contribution in [2.45, 2.75) is 38.6 Å². The van der Waals surface area contributed by atoms with Crippen molar-refractivity contribution in [3.63, 3.8) is 0 Å². The van der Waals surface area contributed by atoms with Gasteiger partial charge in [-0.25, -0.2) is 0 Å². The van der Waals surface area contributed by atoms with Gasteiger partial charge in [0.05, 0.1) is 0 Å². The summed E-state index contributed by atoms with van der Waals surface area (Å²) >= 11 is 0. The van der Waals surface area contributed by atoms with Gasteiger partial charge in [-0.15, -0.1) is 0 Å². The van der Waals surface area contributed by atoms with Crippen LogP contribution in [0.1, 0.15) is 37.3 Å². The summed E-state index contributed by atoms with van der Waals surface area (Å²) in [6.45, 7) is 2.31. The second kappa shape index (κ2) is 4.66. The molecular weight excluding hydrogens is 242 g/mol. The third-order valence-electron chi connectivity index (χ3n) is 4.59. The van der Waals surface area contributed by atoms with E-state index in [9.17, 15) is 0 Å². The van der Waals surface area contributed by atoms with E-state index >= 15 is 0 Å². The Morgan fingerprint density at radius 2 is 1.85 bits per heavy atom. The van der Waals surface area contributed by atoms with Crippen molar-refractivity contribution in [1.29, 1.82) is 0 Å². The summed E-state index contributed by atoms with van der Waals surface area (Å²) in [5.74, 6) is 0.983. The molecule has 2 aliphatic carbocycles. The molecule has 0 aromatic heterocycles. The van der Waals surface area contributed by atoms with E-state index in [2.05, 4.69) is 54.7 Å². The number of benzene rings is 2. The summed E-state index contributed by atoms with van der Waals surface area (Å²) in [5, 5.41) is 3.67. The van der Waals surface area contributed by atoms with E-state index in [1.54, 1.807) is 0 Å². The average molecular weight is 263 g/mol. The van der Waals surface area contributed by atoms with Crippen LogP contribution >= 0.6 is 0 Å². The van der Waals surface area contributed by atoms with Crippen molar-refractivity contribution < 1.29 is 0 Å². The summed E-state index contributed by atoms with van der Waals surface area (Å²) < 4.78 is 0. The molecule has 102 valence electrons. The Labute approximate surface area is 121 Å². The molecule has 1 unspecified atom stereocenters.